The highest BCUT2D eigenvalue weighted by Crippen LogP contribution is 2.71. The van der Waals surface area contributed by atoms with E-state index in [9.17, 15) is 53.4 Å². The smallest absolute Gasteiger partial charge is 0.384 e. The van der Waals surface area contributed by atoms with Crippen LogP contribution in [-0.2, 0) is 5.60 Å². The average molecular weight is 451 g/mol. The monoisotopic (exact) mass is 450 g/mol. The molecule has 0 bridgehead atoms. The number of rotatable bonds is 3. The molecule has 0 saturated heterocycles. The largest absolute Gasteiger partial charge is 0.385 e. The highest BCUT2D eigenvalue weighted by Gasteiger charge is 3.01. The van der Waals surface area contributed by atoms with Crippen molar-refractivity contribution in [2.75, 3.05) is 0 Å². The summed E-state index contributed by atoms with van der Waals surface area (Å²) in [7, 11) is 0. The Labute approximate surface area is 155 Å². The zero-order chi connectivity index (χ0) is 22.2. The molecule has 1 atom stereocenters. The standard InChI is InChI=1S/C15H10ClF11O/c1-9(28,7-4-2-3-5-8(7)16)6-10(17)11(18,19)13(22,23)15(26,27)14(24,25)12(10,20)21/h2-5,28H,6H2,1H3. The zero-order valence-electron chi connectivity index (χ0n) is 13.5. The van der Waals surface area contributed by atoms with E-state index in [2.05, 4.69) is 0 Å². The second-order valence-electron chi connectivity index (χ2n) is 6.60. The van der Waals surface area contributed by atoms with E-state index in [1.54, 1.807) is 0 Å². The van der Waals surface area contributed by atoms with Gasteiger partial charge < -0.3 is 5.11 Å². The van der Waals surface area contributed by atoms with Gasteiger partial charge in [0.25, 0.3) is 5.67 Å². The highest BCUT2D eigenvalue weighted by molar-refractivity contribution is 6.31. The number of hydrogen-bond donors (Lipinski definition) is 1. The van der Waals surface area contributed by atoms with Gasteiger partial charge in [-0.3, -0.25) is 0 Å². The fourth-order valence-electron chi connectivity index (χ4n) is 2.98. The summed E-state index contributed by atoms with van der Waals surface area (Å²) in [5.74, 6) is -35.7. The first-order chi connectivity index (χ1) is 12.2. The highest BCUT2D eigenvalue weighted by atomic mass is 35.5. The first-order valence-corrected chi connectivity index (χ1v) is 7.65. The summed E-state index contributed by atoms with van der Waals surface area (Å²) in [6, 6.07) is 4.00. The van der Waals surface area contributed by atoms with Gasteiger partial charge in [0, 0.05) is 17.0 Å². The van der Waals surface area contributed by atoms with Crippen molar-refractivity contribution in [2.45, 2.75) is 54.2 Å². The molecule has 1 aliphatic carbocycles. The Bertz CT molecular complexity index is 745. The molecule has 0 amide bonds. The zero-order valence-corrected chi connectivity index (χ0v) is 14.3. The van der Waals surface area contributed by atoms with Crippen molar-refractivity contribution in [3.05, 3.63) is 34.9 Å². The lowest BCUT2D eigenvalue weighted by Gasteiger charge is -2.53. The average Bonchev–Trinajstić information content (AvgIpc) is 2.52. The Balaban J connectivity index is 2.74. The first kappa shape index (κ1) is 23.0. The second kappa shape index (κ2) is 5.87. The molecular formula is C15H10ClF11O. The number of hydrogen-bond acceptors (Lipinski definition) is 1. The maximum Gasteiger partial charge on any atom is 0.384 e. The Hall–Kier alpha value is -1.30. The van der Waals surface area contributed by atoms with Crippen LogP contribution in [0.4, 0.5) is 48.3 Å². The van der Waals surface area contributed by atoms with Gasteiger partial charge in [0.05, 0.1) is 5.60 Å². The fourth-order valence-corrected chi connectivity index (χ4v) is 3.32. The molecule has 0 spiro atoms. The van der Waals surface area contributed by atoms with Gasteiger partial charge in [-0.05, 0) is 13.0 Å². The third kappa shape index (κ3) is 2.42. The van der Waals surface area contributed by atoms with Crippen LogP contribution in [0.15, 0.2) is 24.3 Å². The summed E-state index contributed by atoms with van der Waals surface area (Å²) in [6.45, 7) is 0.352. The predicted molar refractivity (Wildman–Crippen MR) is 74.2 cm³/mol. The van der Waals surface area contributed by atoms with Crippen LogP contribution in [0, 0.1) is 0 Å². The molecule has 160 valence electrons. The van der Waals surface area contributed by atoms with Crippen molar-refractivity contribution in [3.63, 3.8) is 0 Å². The Morgan fingerprint density at radius 3 is 1.50 bits per heavy atom. The van der Waals surface area contributed by atoms with Crippen LogP contribution >= 0.6 is 11.6 Å². The van der Waals surface area contributed by atoms with E-state index in [1.807, 2.05) is 0 Å². The molecule has 1 nitrogen and oxygen atoms in total. The van der Waals surface area contributed by atoms with Crippen molar-refractivity contribution in [2.24, 2.45) is 0 Å². The minimum absolute atomic E-state index is 0.352. The van der Waals surface area contributed by atoms with Crippen molar-refractivity contribution >= 4 is 11.6 Å². The predicted octanol–water partition coefficient (Wildman–Crippen LogP) is 5.84. The fraction of sp³-hybridized carbons (Fsp3) is 0.600. The molecule has 1 N–H and O–H groups in total. The summed E-state index contributed by atoms with van der Waals surface area (Å²) in [5, 5.41) is 9.61. The summed E-state index contributed by atoms with van der Waals surface area (Å²) in [5.41, 5.74) is -10.3. The van der Waals surface area contributed by atoms with Gasteiger partial charge in [0.2, 0.25) is 0 Å². The van der Waals surface area contributed by atoms with Crippen LogP contribution in [0.1, 0.15) is 18.9 Å². The molecule has 1 aromatic carbocycles. The van der Waals surface area contributed by atoms with E-state index in [0.717, 1.165) is 18.2 Å². The molecule has 28 heavy (non-hydrogen) atoms. The van der Waals surface area contributed by atoms with E-state index < -0.39 is 57.9 Å². The Kier molecular flexibility index (Phi) is 4.82. The lowest BCUT2D eigenvalue weighted by molar-refractivity contribution is -0.488. The maximum atomic E-state index is 14.8. The van der Waals surface area contributed by atoms with Gasteiger partial charge in [-0.15, -0.1) is 0 Å². The normalized spacial score (nSPS) is 28.4. The third-order valence-electron chi connectivity index (χ3n) is 4.61. The molecule has 1 saturated carbocycles. The van der Waals surface area contributed by atoms with Crippen LogP contribution in [0.5, 0.6) is 0 Å². The van der Waals surface area contributed by atoms with Gasteiger partial charge in [-0.25, -0.2) is 4.39 Å². The summed E-state index contributed by atoms with van der Waals surface area (Å²) >= 11 is 5.60. The van der Waals surface area contributed by atoms with E-state index in [1.165, 1.54) is 6.07 Å². The van der Waals surface area contributed by atoms with Gasteiger partial charge in [0.1, 0.15) is 0 Å². The minimum Gasteiger partial charge on any atom is -0.385 e. The number of halogens is 12. The lowest BCUT2D eigenvalue weighted by atomic mass is 9.67. The first-order valence-electron chi connectivity index (χ1n) is 7.28. The van der Waals surface area contributed by atoms with Crippen molar-refractivity contribution in [3.8, 4) is 0 Å². The summed E-state index contributed by atoms with van der Waals surface area (Å²) < 4.78 is 151. The quantitative estimate of drug-likeness (QED) is 0.574. The summed E-state index contributed by atoms with van der Waals surface area (Å²) in [6.07, 6.45) is -2.80. The van der Waals surface area contributed by atoms with Crippen LogP contribution < -0.4 is 0 Å². The second-order valence-corrected chi connectivity index (χ2v) is 7.01. The Morgan fingerprint density at radius 2 is 1.11 bits per heavy atom. The van der Waals surface area contributed by atoms with Crippen molar-refractivity contribution in [1.82, 2.24) is 0 Å². The Morgan fingerprint density at radius 1 is 0.750 bits per heavy atom. The molecule has 2 rings (SSSR count). The molecule has 1 aromatic rings. The topological polar surface area (TPSA) is 20.2 Å². The van der Waals surface area contributed by atoms with Crippen molar-refractivity contribution < 1.29 is 53.4 Å². The van der Waals surface area contributed by atoms with E-state index in [4.69, 9.17) is 11.6 Å². The maximum absolute atomic E-state index is 14.8. The van der Waals surface area contributed by atoms with E-state index >= 15 is 0 Å². The van der Waals surface area contributed by atoms with Gasteiger partial charge in [-0.1, -0.05) is 29.8 Å². The van der Waals surface area contributed by atoms with Gasteiger partial charge in [0.15, 0.2) is 0 Å². The molecule has 1 fully saturated rings. The molecule has 0 aromatic heterocycles. The molecule has 1 unspecified atom stereocenters. The molecule has 13 heteroatoms. The van der Waals surface area contributed by atoms with E-state index in [-0.39, 0.29) is 0 Å². The van der Waals surface area contributed by atoms with Crippen molar-refractivity contribution in [1.29, 1.82) is 0 Å². The molecule has 0 radical (unpaired) electrons. The molecule has 0 heterocycles. The summed E-state index contributed by atoms with van der Waals surface area (Å²) in [4.78, 5) is 0. The lowest BCUT2D eigenvalue weighted by Crippen LogP contribution is -2.84. The number of aliphatic hydroxyl groups is 1. The molecule has 0 aliphatic heterocycles. The van der Waals surface area contributed by atoms with E-state index in [0.29, 0.717) is 6.92 Å². The third-order valence-corrected chi connectivity index (χ3v) is 4.94. The van der Waals surface area contributed by atoms with Crippen LogP contribution in [-0.4, -0.2) is 40.4 Å². The van der Waals surface area contributed by atoms with Crippen LogP contribution in [0.2, 0.25) is 5.02 Å². The van der Waals surface area contributed by atoms with Crippen LogP contribution in [0.25, 0.3) is 0 Å². The molecule has 1 aliphatic rings. The SMILES string of the molecule is CC(O)(CC1(F)C(F)(F)C(F)(F)C(F)(F)C(F)(F)C1(F)F)c1ccccc1Cl. The number of benzene rings is 1. The van der Waals surface area contributed by atoms with Gasteiger partial charge in [-0.2, -0.15) is 43.9 Å². The van der Waals surface area contributed by atoms with Gasteiger partial charge >= 0.3 is 29.6 Å². The van der Waals surface area contributed by atoms with Crippen LogP contribution in [0.3, 0.4) is 0 Å². The molecular weight excluding hydrogens is 441 g/mol. The minimum atomic E-state index is -7.29. The number of alkyl halides is 11.